The van der Waals surface area contributed by atoms with E-state index in [9.17, 15) is 4.79 Å². The third-order valence-corrected chi connectivity index (χ3v) is 6.91. The molecule has 0 aliphatic carbocycles. The Hall–Kier alpha value is -2.63. The molecule has 0 unspecified atom stereocenters. The van der Waals surface area contributed by atoms with Gasteiger partial charge in [-0.3, -0.25) is 4.79 Å². The molecule has 1 aromatic heterocycles. The summed E-state index contributed by atoms with van der Waals surface area (Å²) in [7, 11) is 0. The summed E-state index contributed by atoms with van der Waals surface area (Å²) in [4.78, 5) is 17.2. The van der Waals surface area contributed by atoms with Crippen molar-refractivity contribution in [3.05, 3.63) is 88.4 Å². The Morgan fingerprint density at radius 1 is 1.07 bits per heavy atom. The van der Waals surface area contributed by atoms with Crippen LogP contribution in [0.4, 0.5) is 5.69 Å². The molecule has 0 bridgehead atoms. The molecule has 0 radical (unpaired) electrons. The first-order valence-corrected chi connectivity index (χ1v) is 11.4. The van der Waals surface area contributed by atoms with Gasteiger partial charge in [0, 0.05) is 22.2 Å². The Balaban J connectivity index is 1.38. The number of rotatable bonds is 6. The molecular formula is C24H22N2OS2. The second-order valence-corrected chi connectivity index (χ2v) is 9.16. The summed E-state index contributed by atoms with van der Waals surface area (Å²) in [6.45, 7) is 4.25. The van der Waals surface area contributed by atoms with Crippen LogP contribution < -0.4 is 5.32 Å². The fraction of sp³-hybridized carbons (Fsp3) is 0.167. The Labute approximate surface area is 179 Å². The first kappa shape index (κ1) is 19.7. The van der Waals surface area contributed by atoms with Gasteiger partial charge in [0.05, 0.1) is 12.1 Å². The van der Waals surface area contributed by atoms with Crippen LogP contribution in [0.5, 0.6) is 0 Å². The van der Waals surface area contributed by atoms with E-state index in [2.05, 4.69) is 42.3 Å². The van der Waals surface area contributed by atoms with Crippen LogP contribution in [0.25, 0.3) is 10.8 Å². The zero-order valence-electron chi connectivity index (χ0n) is 16.4. The first-order chi connectivity index (χ1) is 14.1. The van der Waals surface area contributed by atoms with Crippen molar-refractivity contribution < 1.29 is 4.79 Å². The highest BCUT2D eigenvalue weighted by molar-refractivity contribution is 8.00. The van der Waals surface area contributed by atoms with Gasteiger partial charge in [-0.15, -0.1) is 11.3 Å². The van der Waals surface area contributed by atoms with Crippen LogP contribution in [0.1, 0.15) is 22.4 Å². The second kappa shape index (κ2) is 8.80. The normalized spacial score (nSPS) is 11.0. The molecule has 0 saturated carbocycles. The van der Waals surface area contributed by atoms with Gasteiger partial charge < -0.3 is 5.32 Å². The number of nitrogens with zero attached hydrogens (tertiary/aromatic N) is 1. The molecule has 0 atom stereocenters. The van der Waals surface area contributed by atoms with Crippen LogP contribution in [0.2, 0.25) is 0 Å². The third kappa shape index (κ3) is 4.86. The zero-order chi connectivity index (χ0) is 20.2. The van der Waals surface area contributed by atoms with Crippen molar-refractivity contribution in [2.24, 2.45) is 0 Å². The second-order valence-electron chi connectivity index (χ2n) is 7.08. The van der Waals surface area contributed by atoms with Gasteiger partial charge >= 0.3 is 0 Å². The number of hydrogen-bond donors (Lipinski definition) is 1. The van der Waals surface area contributed by atoms with Crippen molar-refractivity contribution in [1.29, 1.82) is 0 Å². The van der Waals surface area contributed by atoms with Crippen molar-refractivity contribution in [2.75, 3.05) is 5.32 Å². The van der Waals surface area contributed by atoms with Crippen molar-refractivity contribution in [3.63, 3.8) is 0 Å². The van der Waals surface area contributed by atoms with Gasteiger partial charge in [0.1, 0.15) is 4.34 Å². The number of fused-ring (bicyclic) bond motifs is 1. The number of nitrogens with one attached hydrogen (secondary N) is 1. The average molecular weight is 419 g/mol. The van der Waals surface area contributed by atoms with Gasteiger partial charge in [-0.05, 0) is 36.4 Å². The number of amides is 1. The topological polar surface area (TPSA) is 42.0 Å². The van der Waals surface area contributed by atoms with E-state index in [1.807, 2.05) is 47.8 Å². The van der Waals surface area contributed by atoms with Crippen molar-refractivity contribution in [1.82, 2.24) is 4.98 Å². The Bertz CT molecular complexity index is 1160. The lowest BCUT2D eigenvalue weighted by Crippen LogP contribution is -2.14. The highest BCUT2D eigenvalue weighted by Gasteiger charge is 2.11. The van der Waals surface area contributed by atoms with E-state index in [4.69, 9.17) is 0 Å². The van der Waals surface area contributed by atoms with Crippen LogP contribution in [0.15, 0.2) is 70.4 Å². The number of carbonyl (C=O) groups is 1. The van der Waals surface area contributed by atoms with E-state index in [1.54, 1.807) is 23.1 Å². The van der Waals surface area contributed by atoms with Gasteiger partial charge in [0.15, 0.2) is 0 Å². The zero-order valence-corrected chi connectivity index (χ0v) is 18.1. The quantitative estimate of drug-likeness (QED) is 0.369. The third-order valence-electron chi connectivity index (χ3n) is 4.79. The predicted molar refractivity (Wildman–Crippen MR) is 124 cm³/mol. The minimum atomic E-state index is -0.0438. The van der Waals surface area contributed by atoms with Crippen LogP contribution in [-0.4, -0.2) is 10.9 Å². The fourth-order valence-corrected chi connectivity index (χ4v) is 5.13. The molecule has 0 spiro atoms. The lowest BCUT2D eigenvalue weighted by atomic mass is 10.1. The SMILES string of the molecule is Cc1ccc(C)c(CSc2nc(CC(=O)Nc3cccc4ccccc34)cs2)c1. The predicted octanol–water partition coefficient (Wildman–Crippen LogP) is 6.39. The van der Waals surface area contributed by atoms with Gasteiger partial charge in [0.2, 0.25) is 5.91 Å². The fourth-order valence-electron chi connectivity index (χ4n) is 3.22. The number of carbonyl (C=O) groups excluding carboxylic acids is 1. The van der Waals surface area contributed by atoms with Crippen LogP contribution in [0, 0.1) is 13.8 Å². The van der Waals surface area contributed by atoms with Crippen LogP contribution in [-0.2, 0) is 17.0 Å². The molecule has 4 rings (SSSR count). The highest BCUT2D eigenvalue weighted by Crippen LogP contribution is 2.28. The number of benzene rings is 3. The summed E-state index contributed by atoms with van der Waals surface area (Å²) >= 11 is 3.33. The molecule has 0 aliphatic rings. The molecule has 4 aromatic rings. The molecule has 1 heterocycles. The standard InChI is InChI=1S/C24H22N2OS2/c1-16-10-11-17(2)19(12-16)14-28-24-25-20(15-29-24)13-23(27)26-22-9-5-7-18-6-3-4-8-21(18)22/h3-12,15H,13-14H2,1-2H3,(H,26,27). The van der Waals surface area contributed by atoms with E-state index in [-0.39, 0.29) is 12.3 Å². The van der Waals surface area contributed by atoms with E-state index < -0.39 is 0 Å². The van der Waals surface area contributed by atoms with Gasteiger partial charge in [-0.25, -0.2) is 4.98 Å². The Morgan fingerprint density at radius 2 is 1.90 bits per heavy atom. The maximum atomic E-state index is 12.5. The van der Waals surface area contributed by atoms with Crippen LogP contribution in [0.3, 0.4) is 0 Å². The van der Waals surface area contributed by atoms with Crippen LogP contribution >= 0.6 is 23.1 Å². The van der Waals surface area contributed by atoms with Gasteiger partial charge in [-0.1, -0.05) is 71.9 Å². The van der Waals surface area contributed by atoms with Gasteiger partial charge in [0.25, 0.3) is 0 Å². The monoisotopic (exact) mass is 418 g/mol. The maximum absolute atomic E-state index is 12.5. The highest BCUT2D eigenvalue weighted by atomic mass is 32.2. The van der Waals surface area contributed by atoms with E-state index in [1.165, 1.54) is 16.7 Å². The molecule has 0 aliphatic heterocycles. The number of anilines is 1. The van der Waals surface area contributed by atoms with Gasteiger partial charge in [-0.2, -0.15) is 0 Å². The molecule has 29 heavy (non-hydrogen) atoms. The minimum absolute atomic E-state index is 0.0438. The Morgan fingerprint density at radius 3 is 2.79 bits per heavy atom. The lowest BCUT2D eigenvalue weighted by molar-refractivity contribution is -0.115. The summed E-state index contributed by atoms with van der Waals surface area (Å²) in [5.74, 6) is 0.848. The molecule has 1 N–H and O–H groups in total. The molecule has 5 heteroatoms. The smallest absolute Gasteiger partial charge is 0.230 e. The molecule has 3 aromatic carbocycles. The van der Waals surface area contributed by atoms with E-state index >= 15 is 0 Å². The molecule has 1 amide bonds. The molecular weight excluding hydrogens is 396 g/mol. The minimum Gasteiger partial charge on any atom is -0.325 e. The first-order valence-electron chi connectivity index (χ1n) is 9.49. The van der Waals surface area contributed by atoms with Crippen molar-refractivity contribution in [2.45, 2.75) is 30.4 Å². The molecule has 3 nitrogen and oxygen atoms in total. The molecule has 0 fully saturated rings. The largest absolute Gasteiger partial charge is 0.325 e. The summed E-state index contributed by atoms with van der Waals surface area (Å²) in [6.07, 6.45) is 0.282. The molecule has 146 valence electrons. The summed E-state index contributed by atoms with van der Waals surface area (Å²) in [5, 5.41) is 7.18. The summed E-state index contributed by atoms with van der Waals surface area (Å²) < 4.78 is 0.999. The number of thiazole rings is 1. The number of aromatic nitrogens is 1. The average Bonchev–Trinajstić information content (AvgIpc) is 3.16. The van der Waals surface area contributed by atoms with Crippen molar-refractivity contribution >= 4 is 45.5 Å². The van der Waals surface area contributed by atoms with Crippen molar-refractivity contribution in [3.8, 4) is 0 Å². The van der Waals surface area contributed by atoms with E-state index in [0.717, 1.165) is 32.2 Å². The number of thioether (sulfide) groups is 1. The number of hydrogen-bond acceptors (Lipinski definition) is 4. The lowest BCUT2D eigenvalue weighted by Gasteiger charge is -2.08. The number of aryl methyl sites for hydroxylation is 2. The summed E-state index contributed by atoms with van der Waals surface area (Å²) in [5.41, 5.74) is 5.56. The summed E-state index contributed by atoms with van der Waals surface area (Å²) in [6, 6.07) is 20.5. The molecule has 0 saturated heterocycles. The maximum Gasteiger partial charge on any atom is 0.230 e. The van der Waals surface area contributed by atoms with E-state index in [0.29, 0.717) is 0 Å². The Kier molecular flexibility index (Phi) is 5.97.